The summed E-state index contributed by atoms with van der Waals surface area (Å²) in [6, 6.07) is 0. The molecule has 0 fully saturated rings. The molecule has 0 aromatic rings. The van der Waals surface area contributed by atoms with Gasteiger partial charge in [0, 0.05) is 0 Å². The Balaban J connectivity index is 3.11. The molecular weight excluding hydrogens is 122 g/mol. The molecule has 0 bridgehead atoms. The minimum absolute atomic E-state index is 0.793. The van der Waals surface area contributed by atoms with E-state index in [4.69, 9.17) is 5.73 Å². The Morgan fingerprint density at radius 1 is 1.20 bits per heavy atom. The van der Waals surface area contributed by atoms with Crippen LogP contribution in [0.3, 0.4) is 0 Å². The van der Waals surface area contributed by atoms with Crippen LogP contribution in [0.4, 0.5) is 0 Å². The second kappa shape index (κ2) is 8.44. The average Bonchev–Trinajstić information content (AvgIpc) is 1.97. The van der Waals surface area contributed by atoms with Gasteiger partial charge in [-0.2, -0.15) is 0 Å². The lowest BCUT2D eigenvalue weighted by molar-refractivity contribution is 0.855. The molecule has 0 spiro atoms. The first-order chi connectivity index (χ1) is 4.91. The van der Waals surface area contributed by atoms with E-state index in [0.29, 0.717) is 0 Å². The lowest BCUT2D eigenvalue weighted by Gasteiger charge is -1.85. The topological polar surface area (TPSA) is 26.0 Å². The van der Waals surface area contributed by atoms with Gasteiger partial charge in [0.15, 0.2) is 0 Å². The Morgan fingerprint density at radius 3 is 2.50 bits per heavy atom. The lowest BCUT2D eigenvalue weighted by atomic mass is 10.3. The summed E-state index contributed by atoms with van der Waals surface area (Å²) in [7, 11) is 0. The third-order valence-corrected chi connectivity index (χ3v) is 1.19. The molecular formula is C9H17N. The Morgan fingerprint density at radius 2 is 1.90 bits per heavy atom. The van der Waals surface area contributed by atoms with Crippen LogP contribution in [0, 0.1) is 0 Å². The van der Waals surface area contributed by atoms with Crippen molar-refractivity contribution >= 4 is 0 Å². The summed E-state index contributed by atoms with van der Waals surface area (Å²) in [5.41, 5.74) is 5.32. The van der Waals surface area contributed by atoms with Gasteiger partial charge in [0.1, 0.15) is 0 Å². The maximum absolute atomic E-state index is 5.32. The van der Waals surface area contributed by atoms with Crippen LogP contribution in [0.1, 0.15) is 26.2 Å². The normalized spacial score (nSPS) is 11.8. The first kappa shape index (κ1) is 9.44. The molecule has 0 aliphatic carbocycles. The van der Waals surface area contributed by atoms with Crippen LogP contribution < -0.4 is 5.73 Å². The van der Waals surface area contributed by atoms with Crippen LogP contribution >= 0.6 is 0 Å². The molecule has 0 rings (SSSR count). The molecule has 0 aliphatic heterocycles. The Kier molecular flexibility index (Phi) is 7.97. The predicted molar refractivity (Wildman–Crippen MR) is 46.9 cm³/mol. The maximum atomic E-state index is 5.32. The fourth-order valence-electron chi connectivity index (χ4n) is 0.625. The van der Waals surface area contributed by atoms with Gasteiger partial charge in [-0.1, -0.05) is 31.2 Å². The standard InChI is InChI=1S/C9H17N/c1-2-3-4-5-6-7-8-9-10/h3-6H,2,7-10H2,1H3/b4-3-,6-5-. The van der Waals surface area contributed by atoms with Crippen molar-refractivity contribution in [2.45, 2.75) is 26.2 Å². The summed E-state index contributed by atoms with van der Waals surface area (Å²) in [6.07, 6.45) is 11.8. The van der Waals surface area contributed by atoms with Crippen LogP contribution in [-0.2, 0) is 0 Å². The molecule has 1 heteroatoms. The highest BCUT2D eigenvalue weighted by atomic mass is 14.5. The minimum atomic E-state index is 0.793. The Hall–Kier alpha value is -0.560. The number of hydrogen-bond acceptors (Lipinski definition) is 1. The smallest absolute Gasteiger partial charge is 0.00743 e. The van der Waals surface area contributed by atoms with E-state index in [1.807, 2.05) is 0 Å². The first-order valence-corrected chi connectivity index (χ1v) is 3.93. The monoisotopic (exact) mass is 139 g/mol. The van der Waals surface area contributed by atoms with Crippen molar-refractivity contribution in [2.24, 2.45) is 5.73 Å². The average molecular weight is 139 g/mol. The van der Waals surface area contributed by atoms with Crippen molar-refractivity contribution in [1.29, 1.82) is 0 Å². The van der Waals surface area contributed by atoms with Gasteiger partial charge in [-0.25, -0.2) is 0 Å². The summed E-state index contributed by atoms with van der Waals surface area (Å²) < 4.78 is 0. The molecule has 0 saturated carbocycles. The van der Waals surface area contributed by atoms with Crippen molar-refractivity contribution in [2.75, 3.05) is 6.54 Å². The molecule has 1 nitrogen and oxygen atoms in total. The second-order valence-electron chi connectivity index (χ2n) is 2.20. The Labute approximate surface area is 63.6 Å². The van der Waals surface area contributed by atoms with Crippen molar-refractivity contribution in [3.8, 4) is 0 Å². The fourth-order valence-corrected chi connectivity index (χ4v) is 0.625. The molecule has 2 N–H and O–H groups in total. The van der Waals surface area contributed by atoms with E-state index in [0.717, 1.165) is 25.8 Å². The molecule has 0 radical (unpaired) electrons. The maximum Gasteiger partial charge on any atom is -0.00743 e. The van der Waals surface area contributed by atoms with Gasteiger partial charge in [-0.15, -0.1) is 0 Å². The number of hydrogen-bond donors (Lipinski definition) is 1. The highest BCUT2D eigenvalue weighted by Gasteiger charge is 1.74. The number of nitrogens with two attached hydrogens (primary N) is 1. The first-order valence-electron chi connectivity index (χ1n) is 3.93. The summed E-state index contributed by atoms with van der Waals surface area (Å²) in [5, 5.41) is 0. The molecule has 0 aliphatic rings. The minimum Gasteiger partial charge on any atom is -0.330 e. The van der Waals surface area contributed by atoms with E-state index in [-0.39, 0.29) is 0 Å². The van der Waals surface area contributed by atoms with E-state index in [9.17, 15) is 0 Å². The van der Waals surface area contributed by atoms with Crippen LogP contribution in [-0.4, -0.2) is 6.54 Å². The summed E-state index contributed by atoms with van der Waals surface area (Å²) >= 11 is 0. The van der Waals surface area contributed by atoms with Gasteiger partial charge in [0.05, 0.1) is 0 Å². The van der Waals surface area contributed by atoms with Gasteiger partial charge in [0.25, 0.3) is 0 Å². The fraction of sp³-hybridized carbons (Fsp3) is 0.556. The zero-order valence-electron chi connectivity index (χ0n) is 6.72. The molecule has 0 amide bonds. The van der Waals surface area contributed by atoms with Crippen molar-refractivity contribution in [3.05, 3.63) is 24.3 Å². The van der Waals surface area contributed by atoms with E-state index in [1.165, 1.54) is 0 Å². The Bertz CT molecular complexity index is 103. The van der Waals surface area contributed by atoms with Crippen molar-refractivity contribution in [1.82, 2.24) is 0 Å². The zero-order valence-corrected chi connectivity index (χ0v) is 6.72. The zero-order chi connectivity index (χ0) is 7.66. The van der Waals surface area contributed by atoms with E-state index in [2.05, 4.69) is 31.2 Å². The third kappa shape index (κ3) is 7.44. The lowest BCUT2D eigenvalue weighted by Crippen LogP contribution is -1.96. The molecule has 10 heavy (non-hydrogen) atoms. The molecule has 58 valence electrons. The van der Waals surface area contributed by atoms with Crippen LogP contribution in [0.2, 0.25) is 0 Å². The van der Waals surface area contributed by atoms with Gasteiger partial charge in [0.2, 0.25) is 0 Å². The van der Waals surface area contributed by atoms with Crippen LogP contribution in [0.15, 0.2) is 24.3 Å². The van der Waals surface area contributed by atoms with Crippen molar-refractivity contribution < 1.29 is 0 Å². The highest BCUT2D eigenvalue weighted by Crippen LogP contribution is 1.89. The van der Waals surface area contributed by atoms with Crippen molar-refractivity contribution in [3.63, 3.8) is 0 Å². The largest absolute Gasteiger partial charge is 0.330 e. The number of rotatable bonds is 5. The summed E-state index contributed by atoms with van der Waals surface area (Å²) in [4.78, 5) is 0. The summed E-state index contributed by atoms with van der Waals surface area (Å²) in [6.45, 7) is 2.92. The van der Waals surface area contributed by atoms with Crippen LogP contribution in [0.25, 0.3) is 0 Å². The summed E-state index contributed by atoms with van der Waals surface area (Å²) in [5.74, 6) is 0. The molecule has 0 saturated heterocycles. The number of allylic oxidation sites excluding steroid dienone is 4. The van der Waals surface area contributed by atoms with E-state index in [1.54, 1.807) is 0 Å². The quantitative estimate of drug-likeness (QED) is 0.459. The SMILES string of the molecule is CC/C=C\C=C/CCCN. The molecule has 0 unspecified atom stereocenters. The third-order valence-electron chi connectivity index (χ3n) is 1.19. The molecule has 0 aromatic carbocycles. The van der Waals surface area contributed by atoms with E-state index >= 15 is 0 Å². The van der Waals surface area contributed by atoms with Gasteiger partial charge in [-0.05, 0) is 25.8 Å². The highest BCUT2D eigenvalue weighted by molar-refractivity contribution is 5.01. The van der Waals surface area contributed by atoms with E-state index < -0.39 is 0 Å². The molecule has 0 heterocycles. The number of unbranched alkanes of at least 4 members (excludes halogenated alkanes) is 1. The van der Waals surface area contributed by atoms with Gasteiger partial charge >= 0.3 is 0 Å². The predicted octanol–water partition coefficient (Wildman–Crippen LogP) is 2.25. The van der Waals surface area contributed by atoms with Gasteiger partial charge in [-0.3, -0.25) is 0 Å². The van der Waals surface area contributed by atoms with Crippen LogP contribution in [0.5, 0.6) is 0 Å². The van der Waals surface area contributed by atoms with Gasteiger partial charge < -0.3 is 5.73 Å². The molecule has 0 aromatic heterocycles. The molecule has 0 atom stereocenters. The second-order valence-corrected chi connectivity index (χ2v) is 2.20.